The van der Waals surface area contributed by atoms with E-state index in [0.717, 1.165) is 44.1 Å². The number of unbranched alkanes of at least 4 members (excludes halogenated alkanes) is 1. The van der Waals surface area contributed by atoms with Crippen LogP contribution in [0.4, 0.5) is 13.2 Å². The fourth-order valence-electron chi connectivity index (χ4n) is 2.67. The van der Waals surface area contributed by atoms with Crippen molar-refractivity contribution < 1.29 is 13.2 Å². The molecule has 1 atom stereocenters. The van der Waals surface area contributed by atoms with Gasteiger partial charge in [-0.2, -0.15) is 13.2 Å². The van der Waals surface area contributed by atoms with Crippen molar-refractivity contribution in [3.63, 3.8) is 0 Å². The average Bonchev–Trinajstić information content (AvgIpc) is 2.47. The van der Waals surface area contributed by atoms with Crippen molar-refractivity contribution in [2.45, 2.75) is 25.1 Å². The summed E-state index contributed by atoms with van der Waals surface area (Å²) >= 11 is 5.69. The monoisotopic (exact) mass is 320 g/mol. The molecule has 2 rings (SSSR count). The van der Waals surface area contributed by atoms with Gasteiger partial charge in [0.05, 0.1) is 5.56 Å². The van der Waals surface area contributed by atoms with E-state index in [1.165, 1.54) is 12.1 Å². The normalized spacial score (nSPS) is 20.7. The first-order valence-electron chi connectivity index (χ1n) is 7.20. The van der Waals surface area contributed by atoms with Gasteiger partial charge in [0.25, 0.3) is 0 Å². The van der Waals surface area contributed by atoms with Crippen molar-refractivity contribution in [1.82, 2.24) is 10.2 Å². The van der Waals surface area contributed by atoms with E-state index >= 15 is 0 Å². The second kappa shape index (κ2) is 7.47. The van der Waals surface area contributed by atoms with Crippen molar-refractivity contribution in [1.29, 1.82) is 0 Å². The van der Waals surface area contributed by atoms with E-state index in [4.69, 9.17) is 11.6 Å². The summed E-state index contributed by atoms with van der Waals surface area (Å²) in [5, 5.41) is 3.26. The summed E-state index contributed by atoms with van der Waals surface area (Å²) in [6.07, 6.45) is -2.39. The molecule has 1 aliphatic heterocycles. The molecule has 0 aromatic heterocycles. The van der Waals surface area contributed by atoms with Gasteiger partial charge in [-0.15, -0.1) is 11.6 Å². The molecule has 1 fully saturated rings. The van der Waals surface area contributed by atoms with Crippen molar-refractivity contribution in [3.8, 4) is 0 Å². The number of piperazine rings is 1. The van der Waals surface area contributed by atoms with Crippen LogP contribution in [0.3, 0.4) is 0 Å². The molecule has 21 heavy (non-hydrogen) atoms. The highest BCUT2D eigenvalue weighted by atomic mass is 35.5. The Kier molecular flexibility index (Phi) is 5.90. The minimum absolute atomic E-state index is 0.00336. The number of nitrogens with zero attached hydrogens (tertiary/aromatic N) is 1. The quantitative estimate of drug-likeness (QED) is 0.658. The summed E-state index contributed by atoms with van der Waals surface area (Å²) < 4.78 is 38.5. The van der Waals surface area contributed by atoms with Gasteiger partial charge in [-0.25, -0.2) is 0 Å². The smallest absolute Gasteiger partial charge is 0.314 e. The Hall–Kier alpha value is -0.780. The molecule has 2 nitrogen and oxygen atoms in total. The van der Waals surface area contributed by atoms with Crippen LogP contribution in [0, 0.1) is 0 Å². The third-order valence-electron chi connectivity index (χ3n) is 3.78. The Labute approximate surface area is 128 Å². The third kappa shape index (κ3) is 4.59. The van der Waals surface area contributed by atoms with E-state index in [2.05, 4.69) is 10.2 Å². The van der Waals surface area contributed by atoms with Gasteiger partial charge in [-0.1, -0.05) is 12.1 Å². The highest BCUT2D eigenvalue weighted by molar-refractivity contribution is 6.17. The van der Waals surface area contributed by atoms with E-state index in [-0.39, 0.29) is 6.04 Å². The molecule has 1 heterocycles. The zero-order valence-corrected chi connectivity index (χ0v) is 12.6. The number of hydrogen-bond donors (Lipinski definition) is 1. The number of benzene rings is 1. The van der Waals surface area contributed by atoms with Gasteiger partial charge in [-0.05, 0) is 37.1 Å². The molecule has 1 aromatic carbocycles. The number of rotatable bonds is 5. The molecule has 0 amide bonds. The lowest BCUT2D eigenvalue weighted by Gasteiger charge is -2.36. The van der Waals surface area contributed by atoms with Gasteiger partial charge in [0, 0.05) is 31.6 Å². The van der Waals surface area contributed by atoms with Gasteiger partial charge in [0.15, 0.2) is 0 Å². The molecule has 0 spiro atoms. The van der Waals surface area contributed by atoms with Crippen molar-refractivity contribution in [3.05, 3.63) is 35.4 Å². The lowest BCUT2D eigenvalue weighted by Crippen LogP contribution is -2.46. The average molecular weight is 321 g/mol. The van der Waals surface area contributed by atoms with Gasteiger partial charge < -0.3 is 5.32 Å². The molecule has 1 unspecified atom stereocenters. The molecule has 0 saturated carbocycles. The van der Waals surface area contributed by atoms with Gasteiger partial charge in [0.1, 0.15) is 0 Å². The zero-order chi connectivity index (χ0) is 15.3. The van der Waals surface area contributed by atoms with Crippen LogP contribution in [-0.4, -0.2) is 37.0 Å². The molecule has 1 aliphatic rings. The number of hydrogen-bond acceptors (Lipinski definition) is 2. The van der Waals surface area contributed by atoms with E-state index in [9.17, 15) is 13.2 Å². The van der Waals surface area contributed by atoms with Crippen LogP contribution < -0.4 is 5.32 Å². The topological polar surface area (TPSA) is 15.3 Å². The Morgan fingerprint density at radius 3 is 2.81 bits per heavy atom. The summed E-state index contributed by atoms with van der Waals surface area (Å²) in [7, 11) is 0. The second-order valence-corrected chi connectivity index (χ2v) is 5.65. The van der Waals surface area contributed by atoms with E-state index in [1.807, 2.05) is 0 Å². The maximum Gasteiger partial charge on any atom is 0.416 e. The summed E-state index contributed by atoms with van der Waals surface area (Å²) in [6, 6.07) is 5.66. The number of nitrogens with one attached hydrogen (secondary N) is 1. The van der Waals surface area contributed by atoms with Crippen molar-refractivity contribution in [2.75, 3.05) is 32.1 Å². The minimum atomic E-state index is -4.29. The van der Waals surface area contributed by atoms with Crippen LogP contribution in [-0.2, 0) is 6.18 Å². The first kappa shape index (κ1) is 16.6. The molecular weight excluding hydrogens is 301 g/mol. The minimum Gasteiger partial charge on any atom is -0.314 e. The fraction of sp³-hybridized carbons (Fsp3) is 0.600. The lowest BCUT2D eigenvalue weighted by molar-refractivity contribution is -0.137. The van der Waals surface area contributed by atoms with Crippen LogP contribution >= 0.6 is 11.6 Å². The SMILES string of the molecule is FC(F)(F)c1cccc(C2CNCCN2CCCCCl)c1. The molecule has 6 heteroatoms. The van der Waals surface area contributed by atoms with E-state index < -0.39 is 11.7 Å². The summed E-state index contributed by atoms with van der Waals surface area (Å²) in [4.78, 5) is 2.25. The second-order valence-electron chi connectivity index (χ2n) is 5.28. The predicted octanol–water partition coefficient (Wildman–Crippen LogP) is 3.67. The van der Waals surface area contributed by atoms with Crippen molar-refractivity contribution in [2.24, 2.45) is 0 Å². The summed E-state index contributed by atoms with van der Waals surface area (Å²) in [6.45, 7) is 3.27. The van der Waals surface area contributed by atoms with Gasteiger partial charge in [-0.3, -0.25) is 4.90 Å². The van der Waals surface area contributed by atoms with E-state index in [1.54, 1.807) is 6.07 Å². The Balaban J connectivity index is 2.13. The Morgan fingerprint density at radius 2 is 2.10 bits per heavy atom. The van der Waals surface area contributed by atoms with Crippen LogP contribution in [0.2, 0.25) is 0 Å². The van der Waals surface area contributed by atoms with Crippen LogP contribution in [0.15, 0.2) is 24.3 Å². The fourth-order valence-corrected chi connectivity index (χ4v) is 2.86. The maximum absolute atomic E-state index is 12.8. The molecule has 118 valence electrons. The zero-order valence-electron chi connectivity index (χ0n) is 11.8. The largest absolute Gasteiger partial charge is 0.416 e. The van der Waals surface area contributed by atoms with Gasteiger partial charge >= 0.3 is 6.18 Å². The molecular formula is C15H20ClF3N2. The summed E-state index contributed by atoms with van der Waals surface area (Å²) in [5.74, 6) is 0.625. The molecule has 0 aliphatic carbocycles. The van der Waals surface area contributed by atoms with Crippen LogP contribution in [0.25, 0.3) is 0 Å². The highest BCUT2D eigenvalue weighted by Gasteiger charge is 2.32. The Bertz CT molecular complexity index is 451. The third-order valence-corrected chi connectivity index (χ3v) is 4.05. The van der Waals surface area contributed by atoms with Crippen molar-refractivity contribution >= 4 is 11.6 Å². The first-order valence-corrected chi connectivity index (χ1v) is 7.73. The van der Waals surface area contributed by atoms with E-state index in [0.29, 0.717) is 12.4 Å². The van der Waals surface area contributed by atoms with Gasteiger partial charge in [0.2, 0.25) is 0 Å². The predicted molar refractivity (Wildman–Crippen MR) is 78.6 cm³/mol. The Morgan fingerprint density at radius 1 is 1.29 bits per heavy atom. The number of halogens is 4. The first-order chi connectivity index (χ1) is 10.0. The van der Waals surface area contributed by atoms with Crippen LogP contribution in [0.5, 0.6) is 0 Å². The molecule has 1 saturated heterocycles. The maximum atomic E-state index is 12.8. The summed E-state index contributed by atoms with van der Waals surface area (Å²) in [5.41, 5.74) is 0.147. The van der Waals surface area contributed by atoms with Crippen LogP contribution in [0.1, 0.15) is 30.0 Å². The standard InChI is InChI=1S/C15H20ClF3N2/c16-6-1-2-8-21-9-7-20-11-14(21)12-4-3-5-13(10-12)15(17,18)19/h3-5,10,14,20H,1-2,6-9,11H2. The lowest BCUT2D eigenvalue weighted by atomic mass is 10.0. The molecule has 1 N–H and O–H groups in total. The molecule has 1 aromatic rings. The molecule has 0 radical (unpaired) electrons. The highest BCUT2D eigenvalue weighted by Crippen LogP contribution is 2.32. The number of alkyl halides is 4. The molecule has 0 bridgehead atoms.